The minimum absolute atomic E-state index is 0.131. The lowest BCUT2D eigenvalue weighted by Crippen LogP contribution is -2.51. The number of pyridine rings is 1. The maximum absolute atomic E-state index is 12.1. The van der Waals surface area contributed by atoms with Crippen molar-refractivity contribution in [2.45, 2.75) is 31.7 Å². The molecule has 2 atom stereocenters. The van der Waals surface area contributed by atoms with Crippen LogP contribution in [0.4, 0.5) is 5.82 Å². The molecule has 30 heavy (non-hydrogen) atoms. The highest BCUT2D eigenvalue weighted by molar-refractivity contribution is 5.89. The lowest BCUT2D eigenvalue weighted by atomic mass is 9.61. The van der Waals surface area contributed by atoms with E-state index in [0.717, 1.165) is 36.6 Å². The van der Waals surface area contributed by atoms with Gasteiger partial charge in [-0.2, -0.15) is 5.10 Å². The number of carbonyl (C=O) groups is 1. The average Bonchev–Trinajstić information content (AvgIpc) is 3.41. The van der Waals surface area contributed by atoms with Gasteiger partial charge in [-0.05, 0) is 61.8 Å². The van der Waals surface area contributed by atoms with E-state index in [1.54, 1.807) is 10.7 Å². The highest BCUT2D eigenvalue weighted by Gasteiger charge is 2.47. The fourth-order valence-electron chi connectivity index (χ4n) is 5.34. The van der Waals surface area contributed by atoms with Gasteiger partial charge >= 0.3 is 5.97 Å². The lowest BCUT2D eigenvalue weighted by molar-refractivity contribution is -0.148. The summed E-state index contributed by atoms with van der Waals surface area (Å²) in [6, 6.07) is 7.50. The lowest BCUT2D eigenvalue weighted by Gasteiger charge is -2.47. The number of anilines is 1. The molecule has 0 aliphatic heterocycles. The third kappa shape index (κ3) is 2.58. The largest absolute Gasteiger partial charge is 0.481 e. The molecule has 0 saturated heterocycles. The van der Waals surface area contributed by atoms with Crippen molar-refractivity contribution in [3.63, 3.8) is 0 Å². The summed E-state index contributed by atoms with van der Waals surface area (Å²) in [5.41, 5.74) is 2.12. The first-order valence-corrected chi connectivity index (χ1v) is 10.3. The van der Waals surface area contributed by atoms with Crippen LogP contribution in [0.3, 0.4) is 0 Å². The summed E-state index contributed by atoms with van der Waals surface area (Å²) in [4.78, 5) is 21.1. The van der Waals surface area contributed by atoms with Crippen molar-refractivity contribution in [1.82, 2.24) is 29.8 Å². The van der Waals surface area contributed by atoms with E-state index in [-0.39, 0.29) is 17.9 Å². The SMILES string of the molecule is O=C(O)C1C2CCC(CC2)C1Nc1nc(-c2n[nH]c3ncccc23)nn2cccc12. The second-order valence-corrected chi connectivity index (χ2v) is 8.30. The molecule has 3 fully saturated rings. The Morgan fingerprint density at radius 1 is 1.17 bits per heavy atom. The van der Waals surface area contributed by atoms with Crippen LogP contribution in [0.5, 0.6) is 0 Å². The zero-order valence-electron chi connectivity index (χ0n) is 16.2. The van der Waals surface area contributed by atoms with Crippen LogP contribution in [0, 0.1) is 17.8 Å². The standard InChI is InChI=1S/C21H21N7O2/c29-21(30)15-11-5-7-12(8-6-11)16(15)23-19-14-4-2-10-28(14)27-20(24-19)17-13-3-1-9-22-18(13)26-25-17/h1-4,9-12,15-16H,5-8H2,(H,29,30)(H,22,25,26)(H,23,24,27). The Balaban J connectivity index is 1.45. The second kappa shape index (κ2) is 6.51. The number of nitrogens with one attached hydrogen (secondary N) is 2. The monoisotopic (exact) mass is 403 g/mol. The van der Waals surface area contributed by atoms with E-state index in [1.807, 2.05) is 30.5 Å². The molecule has 7 rings (SSSR count). The summed E-state index contributed by atoms with van der Waals surface area (Å²) >= 11 is 0. The van der Waals surface area contributed by atoms with Crippen molar-refractivity contribution in [3.05, 3.63) is 36.7 Å². The Morgan fingerprint density at radius 3 is 2.83 bits per heavy atom. The van der Waals surface area contributed by atoms with Crippen LogP contribution in [0.15, 0.2) is 36.7 Å². The molecule has 4 aromatic rings. The van der Waals surface area contributed by atoms with Crippen molar-refractivity contribution in [3.8, 4) is 11.5 Å². The molecule has 152 valence electrons. The maximum Gasteiger partial charge on any atom is 0.308 e. The van der Waals surface area contributed by atoms with Crippen LogP contribution in [0.2, 0.25) is 0 Å². The third-order valence-electron chi connectivity index (χ3n) is 6.75. The molecule has 9 heteroatoms. The molecule has 3 N–H and O–H groups in total. The van der Waals surface area contributed by atoms with E-state index in [0.29, 0.717) is 28.9 Å². The summed E-state index contributed by atoms with van der Waals surface area (Å²) in [6.45, 7) is 0. The maximum atomic E-state index is 12.1. The van der Waals surface area contributed by atoms with E-state index in [1.165, 1.54) is 0 Å². The fraction of sp³-hybridized carbons (Fsp3) is 0.381. The van der Waals surface area contributed by atoms with Crippen LogP contribution in [0.25, 0.3) is 28.1 Å². The number of rotatable bonds is 4. The van der Waals surface area contributed by atoms with E-state index in [2.05, 4.69) is 25.6 Å². The van der Waals surface area contributed by atoms with Gasteiger partial charge < -0.3 is 10.4 Å². The number of carboxylic acid groups (broad SMARTS) is 1. The first kappa shape index (κ1) is 17.4. The van der Waals surface area contributed by atoms with Crippen molar-refractivity contribution < 1.29 is 9.90 Å². The predicted molar refractivity (Wildman–Crippen MR) is 110 cm³/mol. The van der Waals surface area contributed by atoms with Gasteiger partial charge in [0.2, 0.25) is 5.82 Å². The molecule has 2 unspecified atom stereocenters. The first-order chi connectivity index (χ1) is 14.7. The third-order valence-corrected chi connectivity index (χ3v) is 6.75. The van der Waals surface area contributed by atoms with Gasteiger partial charge in [0.1, 0.15) is 11.2 Å². The molecular weight excluding hydrogens is 382 g/mol. The van der Waals surface area contributed by atoms with Crippen LogP contribution < -0.4 is 5.32 Å². The molecule has 0 radical (unpaired) electrons. The van der Waals surface area contributed by atoms with E-state index >= 15 is 0 Å². The number of aliphatic carboxylic acids is 1. The second-order valence-electron chi connectivity index (χ2n) is 8.30. The molecule has 3 saturated carbocycles. The van der Waals surface area contributed by atoms with E-state index < -0.39 is 5.97 Å². The van der Waals surface area contributed by atoms with Crippen molar-refractivity contribution in [2.75, 3.05) is 5.32 Å². The summed E-state index contributed by atoms with van der Waals surface area (Å²) in [6.07, 6.45) is 7.70. The summed E-state index contributed by atoms with van der Waals surface area (Å²) in [5.74, 6) is 0.589. The molecule has 0 aromatic carbocycles. The highest BCUT2D eigenvalue weighted by Crippen LogP contribution is 2.46. The minimum Gasteiger partial charge on any atom is -0.481 e. The van der Waals surface area contributed by atoms with Crippen LogP contribution in [-0.4, -0.2) is 46.9 Å². The normalized spacial score (nSPS) is 25.7. The van der Waals surface area contributed by atoms with Crippen molar-refractivity contribution >= 4 is 28.3 Å². The number of hydrogen-bond acceptors (Lipinski definition) is 6. The van der Waals surface area contributed by atoms with E-state index in [4.69, 9.17) is 4.98 Å². The number of carboxylic acids is 1. The Bertz CT molecular complexity index is 1250. The van der Waals surface area contributed by atoms with Gasteiger partial charge in [0.25, 0.3) is 0 Å². The topological polar surface area (TPSA) is 121 Å². The van der Waals surface area contributed by atoms with Crippen LogP contribution in [-0.2, 0) is 4.79 Å². The highest BCUT2D eigenvalue weighted by atomic mass is 16.4. The Kier molecular flexibility index (Phi) is 3.77. The summed E-state index contributed by atoms with van der Waals surface area (Å²) < 4.78 is 1.76. The molecule has 4 aromatic heterocycles. The van der Waals surface area contributed by atoms with Gasteiger partial charge in [-0.1, -0.05) is 0 Å². The van der Waals surface area contributed by atoms with Crippen LogP contribution >= 0.6 is 0 Å². The number of H-pyrrole nitrogens is 1. The molecule has 3 aliphatic carbocycles. The molecule has 2 bridgehead atoms. The first-order valence-electron chi connectivity index (χ1n) is 10.3. The van der Waals surface area contributed by atoms with Crippen molar-refractivity contribution in [2.24, 2.45) is 17.8 Å². The molecule has 9 nitrogen and oxygen atoms in total. The summed E-state index contributed by atoms with van der Waals surface area (Å²) in [7, 11) is 0. The number of nitrogens with zero attached hydrogens (tertiary/aromatic N) is 5. The fourth-order valence-corrected chi connectivity index (χ4v) is 5.34. The van der Waals surface area contributed by atoms with Crippen molar-refractivity contribution in [1.29, 1.82) is 0 Å². The minimum atomic E-state index is -0.716. The van der Waals surface area contributed by atoms with E-state index in [9.17, 15) is 9.90 Å². The molecule has 0 spiro atoms. The van der Waals surface area contributed by atoms with Gasteiger partial charge in [-0.15, -0.1) is 5.10 Å². The average molecular weight is 403 g/mol. The zero-order valence-corrected chi connectivity index (χ0v) is 16.2. The Labute approximate surface area is 171 Å². The van der Waals surface area contributed by atoms with Gasteiger partial charge in [0, 0.05) is 18.4 Å². The Morgan fingerprint density at radius 2 is 2.00 bits per heavy atom. The molecular formula is C21H21N7O2. The molecule has 3 aliphatic rings. The number of aromatic nitrogens is 6. The van der Waals surface area contributed by atoms with Gasteiger partial charge in [-0.3, -0.25) is 9.89 Å². The van der Waals surface area contributed by atoms with Crippen LogP contribution in [0.1, 0.15) is 25.7 Å². The zero-order chi connectivity index (χ0) is 20.2. The molecule has 0 amide bonds. The van der Waals surface area contributed by atoms with Gasteiger partial charge in [0.15, 0.2) is 11.5 Å². The smallest absolute Gasteiger partial charge is 0.308 e. The molecule has 4 heterocycles. The quantitative estimate of drug-likeness (QED) is 0.479. The summed E-state index contributed by atoms with van der Waals surface area (Å²) in [5, 5.41) is 26.2. The number of aromatic amines is 1. The Hall–Kier alpha value is -3.49. The predicted octanol–water partition coefficient (Wildman–Crippen LogP) is 2.97. The number of fused-ring (bicyclic) bond motifs is 5. The number of hydrogen-bond donors (Lipinski definition) is 3. The van der Waals surface area contributed by atoms with Gasteiger partial charge in [0.05, 0.1) is 11.3 Å². The van der Waals surface area contributed by atoms with Gasteiger partial charge in [-0.25, -0.2) is 14.5 Å².